The molecule has 140 valence electrons. The number of rotatable bonds is 3. The van der Waals surface area contributed by atoms with Crippen molar-refractivity contribution >= 4 is 5.91 Å². The highest BCUT2D eigenvalue weighted by Crippen LogP contribution is 2.35. The lowest BCUT2D eigenvalue weighted by Gasteiger charge is -2.26. The van der Waals surface area contributed by atoms with E-state index in [0.29, 0.717) is 5.56 Å². The van der Waals surface area contributed by atoms with Crippen LogP contribution in [0.5, 0.6) is 0 Å². The van der Waals surface area contributed by atoms with E-state index in [1.807, 2.05) is 30.3 Å². The van der Waals surface area contributed by atoms with E-state index in [1.165, 1.54) is 38.2 Å². The molecule has 1 amide bonds. The molecule has 0 aliphatic heterocycles. The van der Waals surface area contributed by atoms with Gasteiger partial charge in [-0.3, -0.25) is 4.79 Å². The van der Waals surface area contributed by atoms with Crippen LogP contribution < -0.4 is 5.73 Å². The third-order valence-corrected chi connectivity index (χ3v) is 5.30. The van der Waals surface area contributed by atoms with Gasteiger partial charge in [0.25, 0.3) is 5.91 Å². The van der Waals surface area contributed by atoms with Crippen LogP contribution >= 0.6 is 0 Å². The van der Waals surface area contributed by atoms with E-state index in [1.54, 1.807) is 5.56 Å². The summed E-state index contributed by atoms with van der Waals surface area (Å²) >= 11 is 0. The van der Waals surface area contributed by atoms with Crippen LogP contribution in [0.3, 0.4) is 0 Å². The van der Waals surface area contributed by atoms with E-state index in [4.69, 9.17) is 10.2 Å². The van der Waals surface area contributed by atoms with Gasteiger partial charge in [0.1, 0.15) is 6.26 Å². The average Bonchev–Trinajstić information content (AvgIpc) is 3.21. The second-order valence-corrected chi connectivity index (χ2v) is 7.30. The van der Waals surface area contributed by atoms with Crippen molar-refractivity contribution in [3.05, 3.63) is 84.3 Å². The molecule has 3 aromatic rings. The molecule has 4 rings (SSSR count). The molecule has 0 radical (unpaired) electrons. The number of hydrogen-bond donors (Lipinski definition) is 1. The molecular formula is C24H27NO2. The Hall–Kier alpha value is -2.81. The van der Waals surface area contributed by atoms with Gasteiger partial charge >= 0.3 is 0 Å². The van der Waals surface area contributed by atoms with Crippen LogP contribution in [-0.4, -0.2) is 5.91 Å². The van der Waals surface area contributed by atoms with Gasteiger partial charge in [0.15, 0.2) is 0 Å². The number of benzene rings is 2. The summed E-state index contributed by atoms with van der Waals surface area (Å²) in [5, 5.41) is 0. The lowest BCUT2D eigenvalue weighted by Crippen LogP contribution is -2.10. The molecule has 1 fully saturated rings. The van der Waals surface area contributed by atoms with Gasteiger partial charge in [0.2, 0.25) is 0 Å². The molecule has 0 unspecified atom stereocenters. The first-order chi connectivity index (χ1) is 13.1. The van der Waals surface area contributed by atoms with E-state index < -0.39 is 5.91 Å². The van der Waals surface area contributed by atoms with Crippen LogP contribution in [0.1, 0.15) is 54.4 Å². The first-order valence-electron chi connectivity index (χ1n) is 9.61. The van der Waals surface area contributed by atoms with Gasteiger partial charge in [0.05, 0.1) is 11.8 Å². The summed E-state index contributed by atoms with van der Waals surface area (Å²) in [4.78, 5) is 11.0. The second kappa shape index (κ2) is 9.22. The topological polar surface area (TPSA) is 56.2 Å². The third-order valence-electron chi connectivity index (χ3n) is 5.30. The predicted molar refractivity (Wildman–Crippen MR) is 109 cm³/mol. The smallest absolute Gasteiger partial charge is 0.252 e. The molecule has 1 heterocycles. The van der Waals surface area contributed by atoms with E-state index in [-0.39, 0.29) is 0 Å². The second-order valence-electron chi connectivity index (χ2n) is 7.30. The monoisotopic (exact) mass is 361 g/mol. The zero-order valence-electron chi connectivity index (χ0n) is 15.8. The maximum absolute atomic E-state index is 11.0. The minimum absolute atomic E-state index is 0.413. The van der Waals surface area contributed by atoms with Gasteiger partial charge in [-0.15, -0.1) is 0 Å². The molecular weight excluding hydrogens is 334 g/mol. The Labute approximate surface area is 161 Å². The Balaban J connectivity index is 0.000000156. The Morgan fingerprint density at radius 3 is 2.07 bits per heavy atom. The highest BCUT2D eigenvalue weighted by Gasteiger charge is 2.18. The number of carbonyl (C=O) groups excluding carboxylic acids is 1. The maximum Gasteiger partial charge on any atom is 0.252 e. The molecule has 0 saturated heterocycles. The molecule has 3 heteroatoms. The van der Waals surface area contributed by atoms with Crippen LogP contribution in [0.25, 0.3) is 11.1 Å². The SMILES string of the molecule is CC1CCC(c2ccccc2)CC1.NC(=O)c1cocc1-c1ccccc1. The summed E-state index contributed by atoms with van der Waals surface area (Å²) in [7, 11) is 0. The van der Waals surface area contributed by atoms with E-state index in [0.717, 1.165) is 23.0 Å². The normalized spacial score (nSPS) is 19.0. The number of amides is 1. The van der Waals surface area contributed by atoms with Crippen molar-refractivity contribution in [2.45, 2.75) is 38.5 Å². The number of furan rings is 1. The summed E-state index contributed by atoms with van der Waals surface area (Å²) in [6.45, 7) is 2.38. The van der Waals surface area contributed by atoms with E-state index in [9.17, 15) is 4.79 Å². The van der Waals surface area contributed by atoms with Gasteiger partial charge in [-0.1, -0.05) is 80.4 Å². The molecule has 1 aliphatic carbocycles. The number of primary amides is 1. The number of nitrogens with two attached hydrogens (primary N) is 1. The van der Waals surface area contributed by atoms with Crippen LogP contribution in [0.15, 0.2) is 77.6 Å². The quantitative estimate of drug-likeness (QED) is 0.619. The molecule has 1 saturated carbocycles. The summed E-state index contributed by atoms with van der Waals surface area (Å²) in [6.07, 6.45) is 8.51. The minimum Gasteiger partial charge on any atom is -0.471 e. The Morgan fingerprint density at radius 1 is 0.889 bits per heavy atom. The fraction of sp³-hybridized carbons (Fsp3) is 0.292. The van der Waals surface area contributed by atoms with Gasteiger partial charge in [0, 0.05) is 5.56 Å². The fourth-order valence-electron chi connectivity index (χ4n) is 3.65. The standard InChI is InChI=1S/C13H18.C11H9NO2/c1-11-7-9-13(10-8-11)12-5-3-2-4-6-12;12-11(13)10-7-14-6-9(10)8-4-2-1-3-5-8/h2-6,11,13H,7-10H2,1H3;1-7H,(H2,12,13). The maximum atomic E-state index is 11.0. The molecule has 1 aliphatic rings. The lowest BCUT2D eigenvalue weighted by atomic mass is 9.79. The van der Waals surface area contributed by atoms with Crippen LogP contribution in [0, 0.1) is 5.92 Å². The zero-order valence-corrected chi connectivity index (χ0v) is 15.8. The highest BCUT2D eigenvalue weighted by molar-refractivity contribution is 5.99. The molecule has 1 aromatic heterocycles. The van der Waals surface area contributed by atoms with E-state index >= 15 is 0 Å². The van der Waals surface area contributed by atoms with Crippen molar-refractivity contribution in [2.75, 3.05) is 0 Å². The largest absolute Gasteiger partial charge is 0.471 e. The van der Waals surface area contributed by atoms with Crippen LogP contribution in [-0.2, 0) is 0 Å². The summed E-state index contributed by atoms with van der Waals surface area (Å²) in [5.41, 5.74) is 8.82. The fourth-order valence-corrected chi connectivity index (χ4v) is 3.65. The Bertz CT molecular complexity index is 831. The Kier molecular flexibility index (Phi) is 6.48. The van der Waals surface area contributed by atoms with Gasteiger partial charge in [-0.2, -0.15) is 0 Å². The van der Waals surface area contributed by atoms with Crippen LogP contribution in [0.4, 0.5) is 0 Å². The van der Waals surface area contributed by atoms with Crippen molar-refractivity contribution in [1.29, 1.82) is 0 Å². The number of carbonyl (C=O) groups is 1. The van der Waals surface area contributed by atoms with Crippen molar-refractivity contribution in [3.63, 3.8) is 0 Å². The summed E-state index contributed by atoms with van der Waals surface area (Å²) in [5.74, 6) is 1.33. The van der Waals surface area contributed by atoms with Crippen molar-refractivity contribution < 1.29 is 9.21 Å². The zero-order chi connectivity index (χ0) is 19.1. The Morgan fingerprint density at radius 2 is 1.48 bits per heavy atom. The van der Waals surface area contributed by atoms with Gasteiger partial charge in [-0.25, -0.2) is 0 Å². The molecule has 3 nitrogen and oxygen atoms in total. The minimum atomic E-state index is -0.474. The molecule has 0 spiro atoms. The first-order valence-corrected chi connectivity index (χ1v) is 9.61. The van der Waals surface area contributed by atoms with Gasteiger partial charge in [-0.05, 0) is 35.8 Å². The lowest BCUT2D eigenvalue weighted by molar-refractivity contribution is 0.1000. The molecule has 2 N–H and O–H groups in total. The van der Waals surface area contributed by atoms with Crippen molar-refractivity contribution in [3.8, 4) is 11.1 Å². The number of hydrogen-bond acceptors (Lipinski definition) is 2. The van der Waals surface area contributed by atoms with Crippen molar-refractivity contribution in [2.24, 2.45) is 11.7 Å². The van der Waals surface area contributed by atoms with Crippen LogP contribution in [0.2, 0.25) is 0 Å². The molecule has 0 atom stereocenters. The van der Waals surface area contributed by atoms with Crippen molar-refractivity contribution in [1.82, 2.24) is 0 Å². The summed E-state index contributed by atoms with van der Waals surface area (Å²) < 4.78 is 4.96. The molecule has 0 bridgehead atoms. The highest BCUT2D eigenvalue weighted by atomic mass is 16.3. The predicted octanol–water partition coefficient (Wildman–Crippen LogP) is 6.03. The average molecular weight is 361 g/mol. The van der Waals surface area contributed by atoms with E-state index in [2.05, 4.69) is 37.3 Å². The summed E-state index contributed by atoms with van der Waals surface area (Å²) in [6, 6.07) is 20.5. The van der Waals surface area contributed by atoms with Gasteiger partial charge < -0.3 is 10.2 Å². The molecule has 2 aromatic carbocycles. The first kappa shape index (κ1) is 19.0. The molecule has 27 heavy (non-hydrogen) atoms. The third kappa shape index (κ3) is 5.10.